The first-order valence-corrected chi connectivity index (χ1v) is 6.20. The Balaban J connectivity index is 2.63. The third-order valence-electron chi connectivity index (χ3n) is 3.08. The number of hydrogen-bond acceptors (Lipinski definition) is 3. The van der Waals surface area contributed by atoms with E-state index in [1.54, 1.807) is 7.11 Å². The largest absolute Gasteiger partial charge is 0.496 e. The fourth-order valence-corrected chi connectivity index (χ4v) is 1.76. The average Bonchev–Trinajstić information content (AvgIpc) is 2.38. The molecule has 0 spiro atoms. The Hall–Kier alpha value is -1.55. The van der Waals surface area contributed by atoms with Crippen molar-refractivity contribution in [1.82, 2.24) is 10.6 Å². The lowest BCUT2D eigenvalue weighted by Gasteiger charge is -2.13. The van der Waals surface area contributed by atoms with Gasteiger partial charge in [0.15, 0.2) is 0 Å². The second-order valence-corrected chi connectivity index (χ2v) is 4.23. The van der Waals surface area contributed by atoms with E-state index in [9.17, 15) is 4.79 Å². The SMILES string of the molecule is CCNCC(=O)NCc1ccc(OC)c(C)c1C. The second-order valence-electron chi connectivity index (χ2n) is 4.23. The Morgan fingerprint density at radius 3 is 2.61 bits per heavy atom. The van der Waals surface area contributed by atoms with Gasteiger partial charge in [0.25, 0.3) is 0 Å². The van der Waals surface area contributed by atoms with Gasteiger partial charge in [-0.05, 0) is 43.1 Å². The summed E-state index contributed by atoms with van der Waals surface area (Å²) in [5.74, 6) is 0.903. The molecule has 4 nitrogen and oxygen atoms in total. The van der Waals surface area contributed by atoms with Crippen molar-refractivity contribution in [3.63, 3.8) is 0 Å². The molecule has 1 rings (SSSR count). The van der Waals surface area contributed by atoms with E-state index in [1.807, 2.05) is 32.9 Å². The van der Waals surface area contributed by atoms with Crippen LogP contribution in [0.4, 0.5) is 0 Å². The summed E-state index contributed by atoms with van der Waals surface area (Å²) < 4.78 is 5.26. The van der Waals surface area contributed by atoms with Gasteiger partial charge in [-0.15, -0.1) is 0 Å². The molecule has 0 heterocycles. The van der Waals surface area contributed by atoms with Crippen molar-refractivity contribution in [2.75, 3.05) is 20.2 Å². The average molecular weight is 250 g/mol. The number of rotatable bonds is 6. The highest BCUT2D eigenvalue weighted by molar-refractivity contribution is 5.78. The lowest BCUT2D eigenvalue weighted by molar-refractivity contribution is -0.120. The first-order valence-electron chi connectivity index (χ1n) is 6.20. The Labute approximate surface area is 109 Å². The van der Waals surface area contributed by atoms with Crippen LogP contribution in [0.3, 0.4) is 0 Å². The molecule has 2 N–H and O–H groups in total. The van der Waals surface area contributed by atoms with Crippen LogP contribution in [-0.2, 0) is 11.3 Å². The van der Waals surface area contributed by atoms with E-state index in [0.717, 1.165) is 29.0 Å². The van der Waals surface area contributed by atoms with Crippen molar-refractivity contribution in [1.29, 1.82) is 0 Å². The van der Waals surface area contributed by atoms with E-state index in [2.05, 4.69) is 10.6 Å². The van der Waals surface area contributed by atoms with Crippen LogP contribution in [0.2, 0.25) is 0 Å². The molecular weight excluding hydrogens is 228 g/mol. The van der Waals surface area contributed by atoms with E-state index in [0.29, 0.717) is 13.1 Å². The van der Waals surface area contributed by atoms with Gasteiger partial charge in [-0.1, -0.05) is 13.0 Å². The predicted octanol–water partition coefficient (Wildman–Crippen LogP) is 1.54. The van der Waals surface area contributed by atoms with Crippen LogP contribution in [0.5, 0.6) is 5.75 Å². The summed E-state index contributed by atoms with van der Waals surface area (Å²) in [6, 6.07) is 3.93. The monoisotopic (exact) mass is 250 g/mol. The van der Waals surface area contributed by atoms with E-state index in [4.69, 9.17) is 4.74 Å². The fourth-order valence-electron chi connectivity index (χ4n) is 1.76. The number of carbonyl (C=O) groups is 1. The Morgan fingerprint density at radius 2 is 2.00 bits per heavy atom. The molecule has 0 fully saturated rings. The van der Waals surface area contributed by atoms with E-state index in [1.165, 1.54) is 0 Å². The topological polar surface area (TPSA) is 50.4 Å². The van der Waals surface area contributed by atoms with Gasteiger partial charge in [0.05, 0.1) is 13.7 Å². The van der Waals surface area contributed by atoms with Crippen molar-refractivity contribution in [3.8, 4) is 5.75 Å². The zero-order valence-electron chi connectivity index (χ0n) is 11.6. The van der Waals surface area contributed by atoms with Gasteiger partial charge >= 0.3 is 0 Å². The minimum atomic E-state index is 0.0183. The summed E-state index contributed by atoms with van der Waals surface area (Å²) in [7, 11) is 1.67. The zero-order chi connectivity index (χ0) is 13.5. The molecule has 0 atom stereocenters. The maximum Gasteiger partial charge on any atom is 0.234 e. The molecule has 4 heteroatoms. The maximum atomic E-state index is 11.5. The van der Waals surface area contributed by atoms with Gasteiger partial charge in [0.2, 0.25) is 5.91 Å². The molecule has 0 radical (unpaired) electrons. The highest BCUT2D eigenvalue weighted by atomic mass is 16.5. The summed E-state index contributed by atoms with van der Waals surface area (Å²) in [6.07, 6.45) is 0. The molecule has 0 saturated heterocycles. The smallest absolute Gasteiger partial charge is 0.234 e. The molecule has 0 unspecified atom stereocenters. The van der Waals surface area contributed by atoms with E-state index < -0.39 is 0 Å². The van der Waals surface area contributed by atoms with Gasteiger partial charge < -0.3 is 15.4 Å². The Morgan fingerprint density at radius 1 is 1.28 bits per heavy atom. The predicted molar refractivity (Wildman–Crippen MR) is 72.9 cm³/mol. The highest BCUT2D eigenvalue weighted by Crippen LogP contribution is 2.23. The third kappa shape index (κ3) is 3.74. The second kappa shape index (κ2) is 7.01. The molecule has 0 saturated carbocycles. The Kier molecular flexibility index (Phi) is 5.65. The molecule has 18 heavy (non-hydrogen) atoms. The maximum absolute atomic E-state index is 11.5. The number of ether oxygens (including phenoxy) is 1. The molecule has 1 aromatic carbocycles. The summed E-state index contributed by atoms with van der Waals surface area (Å²) in [4.78, 5) is 11.5. The van der Waals surface area contributed by atoms with Crippen LogP contribution < -0.4 is 15.4 Å². The van der Waals surface area contributed by atoms with Crippen molar-refractivity contribution < 1.29 is 9.53 Å². The summed E-state index contributed by atoms with van der Waals surface area (Å²) in [5, 5.41) is 5.89. The van der Waals surface area contributed by atoms with Crippen molar-refractivity contribution >= 4 is 5.91 Å². The number of nitrogens with one attached hydrogen (secondary N) is 2. The number of amides is 1. The molecule has 1 amide bonds. The summed E-state index contributed by atoms with van der Waals surface area (Å²) >= 11 is 0. The molecule has 0 aliphatic carbocycles. The first kappa shape index (κ1) is 14.5. The van der Waals surface area contributed by atoms with Crippen LogP contribution in [0.25, 0.3) is 0 Å². The number of benzene rings is 1. The van der Waals surface area contributed by atoms with Gasteiger partial charge in [0.1, 0.15) is 5.75 Å². The van der Waals surface area contributed by atoms with Crippen LogP contribution in [-0.4, -0.2) is 26.1 Å². The Bertz CT molecular complexity index is 417. The van der Waals surface area contributed by atoms with E-state index in [-0.39, 0.29) is 5.91 Å². The number of likely N-dealkylation sites (N-methyl/N-ethyl adjacent to an activating group) is 1. The molecular formula is C14H22N2O2. The number of carbonyl (C=O) groups excluding carboxylic acids is 1. The molecule has 100 valence electrons. The third-order valence-corrected chi connectivity index (χ3v) is 3.08. The molecule has 1 aromatic rings. The lowest BCUT2D eigenvalue weighted by Crippen LogP contribution is -2.33. The summed E-state index contributed by atoms with van der Waals surface area (Å²) in [6.45, 7) is 7.77. The van der Waals surface area contributed by atoms with Gasteiger partial charge in [-0.25, -0.2) is 0 Å². The highest BCUT2D eigenvalue weighted by Gasteiger charge is 2.07. The van der Waals surface area contributed by atoms with Gasteiger partial charge in [-0.3, -0.25) is 4.79 Å². The molecule has 0 aromatic heterocycles. The minimum absolute atomic E-state index is 0.0183. The van der Waals surface area contributed by atoms with Crippen LogP contribution >= 0.6 is 0 Å². The first-order chi connectivity index (χ1) is 8.60. The van der Waals surface area contributed by atoms with Crippen molar-refractivity contribution in [2.45, 2.75) is 27.3 Å². The molecule has 0 bridgehead atoms. The zero-order valence-corrected chi connectivity index (χ0v) is 11.6. The van der Waals surface area contributed by atoms with Crippen molar-refractivity contribution in [2.24, 2.45) is 0 Å². The number of hydrogen-bond donors (Lipinski definition) is 2. The van der Waals surface area contributed by atoms with Crippen LogP contribution in [0, 0.1) is 13.8 Å². The normalized spacial score (nSPS) is 10.2. The molecule has 0 aliphatic rings. The van der Waals surface area contributed by atoms with E-state index >= 15 is 0 Å². The summed E-state index contributed by atoms with van der Waals surface area (Å²) in [5.41, 5.74) is 3.41. The fraction of sp³-hybridized carbons (Fsp3) is 0.500. The van der Waals surface area contributed by atoms with Crippen LogP contribution in [0.15, 0.2) is 12.1 Å². The van der Waals surface area contributed by atoms with Crippen LogP contribution in [0.1, 0.15) is 23.6 Å². The molecule has 0 aliphatic heterocycles. The standard InChI is InChI=1S/C14H22N2O2/c1-5-15-9-14(17)16-8-12-6-7-13(18-4)11(3)10(12)2/h6-7,15H,5,8-9H2,1-4H3,(H,16,17). The number of methoxy groups -OCH3 is 1. The van der Waals surface area contributed by atoms with Gasteiger partial charge in [-0.2, -0.15) is 0 Å². The lowest BCUT2D eigenvalue weighted by atomic mass is 10.0. The van der Waals surface area contributed by atoms with Gasteiger partial charge in [0, 0.05) is 6.54 Å². The quantitative estimate of drug-likeness (QED) is 0.805. The van der Waals surface area contributed by atoms with Crippen molar-refractivity contribution in [3.05, 3.63) is 28.8 Å². The minimum Gasteiger partial charge on any atom is -0.496 e.